The molecule has 4 rings (SSSR count). The van der Waals surface area contributed by atoms with Gasteiger partial charge < -0.3 is 19.4 Å². The Hall–Kier alpha value is -4.18. The average Bonchev–Trinajstić information content (AvgIpc) is 3.43. The molecule has 0 atom stereocenters. The first-order chi connectivity index (χ1) is 17.8. The molecular weight excluding hydrogens is 492 g/mol. The SMILES string of the molecule is CCS(=O)(=O)c1ncc(N(Cc2ccc(OC)cc2)Cc2ccco2)c(C(=O)Nc2ccc(C)cc2)n1. The van der Waals surface area contributed by atoms with Crippen LogP contribution in [0.15, 0.2) is 82.7 Å². The van der Waals surface area contributed by atoms with E-state index in [4.69, 9.17) is 9.15 Å². The number of aromatic nitrogens is 2. The monoisotopic (exact) mass is 520 g/mol. The van der Waals surface area contributed by atoms with Crippen LogP contribution in [0.2, 0.25) is 0 Å². The summed E-state index contributed by atoms with van der Waals surface area (Å²) in [6, 6.07) is 18.4. The van der Waals surface area contributed by atoms with Crippen molar-refractivity contribution >= 4 is 27.1 Å². The second-order valence-corrected chi connectivity index (χ2v) is 10.6. The maximum atomic E-state index is 13.5. The minimum Gasteiger partial charge on any atom is -0.497 e. The van der Waals surface area contributed by atoms with Crippen molar-refractivity contribution in [2.75, 3.05) is 23.1 Å². The fraction of sp³-hybridized carbons (Fsp3) is 0.222. The van der Waals surface area contributed by atoms with E-state index in [1.54, 1.807) is 31.6 Å². The fourth-order valence-corrected chi connectivity index (χ4v) is 4.33. The number of rotatable bonds is 10. The standard InChI is InChI=1S/C27H28N4O5S/c1-4-37(33,34)27-28-16-24(25(30-27)26(32)29-21-11-7-19(2)8-12-21)31(18-23-6-5-15-36-23)17-20-9-13-22(35-3)14-10-20/h5-16H,4,17-18H2,1-3H3,(H,29,32). The van der Waals surface area contributed by atoms with Crippen LogP contribution >= 0.6 is 0 Å². The van der Waals surface area contributed by atoms with Gasteiger partial charge in [-0.15, -0.1) is 0 Å². The molecule has 9 nitrogen and oxygen atoms in total. The van der Waals surface area contributed by atoms with E-state index in [-0.39, 0.29) is 11.4 Å². The minimum atomic E-state index is -3.74. The van der Waals surface area contributed by atoms with Gasteiger partial charge in [0.2, 0.25) is 15.0 Å². The molecule has 0 unspecified atom stereocenters. The second-order valence-electron chi connectivity index (χ2n) is 8.39. The van der Waals surface area contributed by atoms with Crippen molar-refractivity contribution in [3.8, 4) is 5.75 Å². The van der Waals surface area contributed by atoms with Crippen LogP contribution in [0.1, 0.15) is 34.3 Å². The molecule has 4 aromatic rings. The Kier molecular flexibility index (Phi) is 7.88. The number of carbonyl (C=O) groups is 1. The van der Waals surface area contributed by atoms with Gasteiger partial charge in [-0.2, -0.15) is 0 Å². The number of furan rings is 1. The first-order valence-corrected chi connectivity index (χ1v) is 13.3. The number of hydrogen-bond acceptors (Lipinski definition) is 8. The molecule has 2 aromatic carbocycles. The number of benzene rings is 2. The molecule has 192 valence electrons. The maximum absolute atomic E-state index is 13.5. The van der Waals surface area contributed by atoms with E-state index in [0.717, 1.165) is 16.9 Å². The fourth-order valence-electron chi connectivity index (χ4n) is 3.63. The lowest BCUT2D eigenvalue weighted by Crippen LogP contribution is -2.27. The van der Waals surface area contributed by atoms with Crippen molar-refractivity contribution in [3.63, 3.8) is 0 Å². The predicted molar refractivity (Wildman–Crippen MR) is 140 cm³/mol. The van der Waals surface area contributed by atoms with Gasteiger partial charge in [0.1, 0.15) is 11.5 Å². The highest BCUT2D eigenvalue weighted by atomic mass is 32.2. The summed E-state index contributed by atoms with van der Waals surface area (Å²) in [6.45, 7) is 4.12. The highest BCUT2D eigenvalue weighted by Crippen LogP contribution is 2.26. The van der Waals surface area contributed by atoms with Crippen molar-refractivity contribution in [1.29, 1.82) is 0 Å². The molecule has 0 saturated carbocycles. The Bertz CT molecular complexity index is 1450. The summed E-state index contributed by atoms with van der Waals surface area (Å²) in [7, 11) is -2.15. The van der Waals surface area contributed by atoms with Crippen LogP contribution in [0.4, 0.5) is 11.4 Å². The number of carbonyl (C=O) groups excluding carboxylic acids is 1. The van der Waals surface area contributed by atoms with E-state index in [0.29, 0.717) is 30.2 Å². The van der Waals surface area contributed by atoms with Crippen LogP contribution in [-0.2, 0) is 22.9 Å². The number of anilines is 2. The molecule has 0 bridgehead atoms. The first-order valence-electron chi connectivity index (χ1n) is 11.7. The van der Waals surface area contributed by atoms with Gasteiger partial charge in [0.15, 0.2) is 5.69 Å². The Morgan fingerprint density at radius 2 is 1.78 bits per heavy atom. The zero-order chi connectivity index (χ0) is 26.4. The van der Waals surface area contributed by atoms with Crippen molar-refractivity contribution in [2.45, 2.75) is 32.1 Å². The average molecular weight is 521 g/mol. The Morgan fingerprint density at radius 3 is 2.41 bits per heavy atom. The number of nitrogens with zero attached hydrogens (tertiary/aromatic N) is 3. The van der Waals surface area contributed by atoms with Crippen LogP contribution < -0.4 is 15.0 Å². The van der Waals surface area contributed by atoms with Gasteiger partial charge in [-0.25, -0.2) is 18.4 Å². The quantitative estimate of drug-likeness (QED) is 0.301. The van der Waals surface area contributed by atoms with Gasteiger partial charge in [0.05, 0.1) is 37.6 Å². The summed E-state index contributed by atoms with van der Waals surface area (Å²) in [5.74, 6) is 0.640. The number of amides is 1. The van der Waals surface area contributed by atoms with E-state index in [2.05, 4.69) is 15.3 Å². The number of ether oxygens (including phenoxy) is 1. The van der Waals surface area contributed by atoms with Crippen LogP contribution in [0, 0.1) is 6.92 Å². The summed E-state index contributed by atoms with van der Waals surface area (Å²) >= 11 is 0. The van der Waals surface area contributed by atoms with Gasteiger partial charge in [-0.05, 0) is 48.9 Å². The third-order valence-corrected chi connectivity index (χ3v) is 7.24. The van der Waals surface area contributed by atoms with E-state index in [9.17, 15) is 13.2 Å². The molecule has 0 aliphatic heterocycles. The zero-order valence-corrected chi connectivity index (χ0v) is 21.7. The van der Waals surface area contributed by atoms with E-state index < -0.39 is 20.9 Å². The molecule has 0 aliphatic rings. The Balaban J connectivity index is 1.77. The van der Waals surface area contributed by atoms with Crippen molar-refractivity contribution in [3.05, 3.63) is 95.7 Å². The first kappa shape index (κ1) is 25.9. The lowest BCUT2D eigenvalue weighted by Gasteiger charge is -2.25. The van der Waals surface area contributed by atoms with Gasteiger partial charge in [0.25, 0.3) is 5.91 Å². The lowest BCUT2D eigenvalue weighted by atomic mass is 10.1. The van der Waals surface area contributed by atoms with Gasteiger partial charge in [-0.1, -0.05) is 36.8 Å². The molecule has 1 N–H and O–H groups in total. The van der Waals surface area contributed by atoms with Crippen LogP contribution in [0.25, 0.3) is 0 Å². The lowest BCUT2D eigenvalue weighted by molar-refractivity contribution is 0.102. The third kappa shape index (κ3) is 6.34. The molecule has 0 fully saturated rings. The maximum Gasteiger partial charge on any atom is 0.276 e. The predicted octanol–water partition coefficient (Wildman–Crippen LogP) is 4.64. The van der Waals surface area contributed by atoms with Crippen molar-refractivity contribution in [1.82, 2.24) is 9.97 Å². The van der Waals surface area contributed by atoms with Gasteiger partial charge in [0, 0.05) is 12.2 Å². The molecule has 2 heterocycles. The number of nitrogens with one attached hydrogen (secondary N) is 1. The third-order valence-electron chi connectivity index (χ3n) is 5.73. The van der Waals surface area contributed by atoms with Crippen LogP contribution in [0.5, 0.6) is 5.75 Å². The smallest absolute Gasteiger partial charge is 0.276 e. The normalized spacial score (nSPS) is 11.2. The van der Waals surface area contributed by atoms with E-state index in [1.807, 2.05) is 54.3 Å². The molecule has 0 spiro atoms. The molecule has 0 aliphatic carbocycles. The summed E-state index contributed by atoms with van der Waals surface area (Å²) < 4.78 is 35.9. The van der Waals surface area contributed by atoms with Crippen LogP contribution in [0.3, 0.4) is 0 Å². The van der Waals surface area contributed by atoms with Gasteiger partial charge >= 0.3 is 0 Å². The minimum absolute atomic E-state index is 0.0531. The number of hydrogen-bond donors (Lipinski definition) is 1. The molecule has 10 heteroatoms. The van der Waals surface area contributed by atoms with E-state index in [1.165, 1.54) is 13.1 Å². The number of methoxy groups -OCH3 is 1. The molecule has 0 radical (unpaired) electrons. The zero-order valence-electron chi connectivity index (χ0n) is 20.8. The molecule has 37 heavy (non-hydrogen) atoms. The molecular formula is C27H28N4O5S. The van der Waals surface area contributed by atoms with Crippen molar-refractivity contribution < 1.29 is 22.4 Å². The topological polar surface area (TPSA) is 115 Å². The molecule has 0 saturated heterocycles. The van der Waals surface area contributed by atoms with Crippen LogP contribution in [-0.4, -0.2) is 37.2 Å². The molecule has 2 aromatic heterocycles. The Morgan fingerprint density at radius 1 is 1.05 bits per heavy atom. The largest absolute Gasteiger partial charge is 0.497 e. The second kappa shape index (κ2) is 11.3. The summed E-state index contributed by atoms with van der Waals surface area (Å²) in [5, 5.41) is 2.43. The summed E-state index contributed by atoms with van der Waals surface area (Å²) in [5.41, 5.74) is 2.85. The highest BCUT2D eigenvalue weighted by Gasteiger charge is 2.25. The van der Waals surface area contributed by atoms with Crippen molar-refractivity contribution in [2.24, 2.45) is 0 Å². The number of sulfone groups is 1. The highest BCUT2D eigenvalue weighted by molar-refractivity contribution is 7.91. The van der Waals surface area contributed by atoms with Gasteiger partial charge in [-0.3, -0.25) is 4.79 Å². The number of aryl methyl sites for hydroxylation is 1. The Labute approximate surface area is 216 Å². The summed E-state index contributed by atoms with van der Waals surface area (Å²) in [4.78, 5) is 23.7. The van der Waals surface area contributed by atoms with E-state index >= 15 is 0 Å². The molecule has 1 amide bonds. The summed E-state index contributed by atoms with van der Waals surface area (Å²) in [6.07, 6.45) is 2.95.